The maximum atomic E-state index is 12.6. The number of benzene rings is 1. The van der Waals surface area contributed by atoms with Crippen LogP contribution in [-0.2, 0) is 14.3 Å². The second kappa shape index (κ2) is 9.42. The summed E-state index contributed by atoms with van der Waals surface area (Å²) >= 11 is 18.0. The van der Waals surface area contributed by atoms with Gasteiger partial charge in [-0.15, -0.1) is 0 Å². The number of nitrogens with one attached hydrogen (secondary N) is 2. The Morgan fingerprint density at radius 1 is 1.10 bits per heavy atom. The van der Waals surface area contributed by atoms with Crippen molar-refractivity contribution >= 4 is 52.8 Å². The minimum atomic E-state index is -0.931. The lowest BCUT2D eigenvalue weighted by atomic mass is 10.0. The van der Waals surface area contributed by atoms with Gasteiger partial charge in [0, 0.05) is 0 Å². The highest BCUT2D eigenvalue weighted by Crippen LogP contribution is 2.32. The first-order valence-corrected chi connectivity index (χ1v) is 9.78. The third-order valence-corrected chi connectivity index (χ3v) is 5.19. The largest absolute Gasteiger partial charge is 0.467 e. The summed E-state index contributed by atoms with van der Waals surface area (Å²) in [4.78, 5) is 37.2. The van der Waals surface area contributed by atoms with Crippen LogP contribution in [0.15, 0.2) is 46.2 Å². The predicted molar refractivity (Wildman–Crippen MR) is 109 cm³/mol. The van der Waals surface area contributed by atoms with Crippen molar-refractivity contribution in [3.8, 4) is 0 Å². The average Bonchev–Trinajstić information content (AvgIpc) is 3.24. The van der Waals surface area contributed by atoms with Crippen LogP contribution in [0.4, 0.5) is 4.79 Å². The van der Waals surface area contributed by atoms with Crippen molar-refractivity contribution in [1.82, 2.24) is 10.6 Å². The molecule has 1 aliphatic heterocycles. The number of esters is 2. The summed E-state index contributed by atoms with van der Waals surface area (Å²) < 4.78 is 15.7. The number of hydrogen-bond acceptors (Lipinski definition) is 6. The first kappa shape index (κ1) is 22.0. The third kappa shape index (κ3) is 4.56. The van der Waals surface area contributed by atoms with E-state index in [1.165, 1.54) is 18.4 Å². The van der Waals surface area contributed by atoms with Crippen LogP contribution in [-0.4, -0.2) is 31.2 Å². The van der Waals surface area contributed by atoms with Crippen molar-refractivity contribution in [3.05, 3.63) is 68.2 Å². The number of urea groups is 1. The number of hydrogen-bond donors (Lipinski definition) is 2. The highest BCUT2D eigenvalue weighted by atomic mass is 35.5. The molecule has 0 aliphatic carbocycles. The van der Waals surface area contributed by atoms with Crippen molar-refractivity contribution in [2.24, 2.45) is 0 Å². The molecule has 2 amide bonds. The van der Waals surface area contributed by atoms with E-state index in [0.717, 1.165) is 0 Å². The van der Waals surface area contributed by atoms with Crippen molar-refractivity contribution in [3.63, 3.8) is 0 Å². The molecule has 0 saturated carbocycles. The minimum Gasteiger partial charge on any atom is -0.467 e. The predicted octanol–water partition coefficient (Wildman–Crippen LogP) is 4.27. The van der Waals surface area contributed by atoms with Gasteiger partial charge in [0.25, 0.3) is 0 Å². The topological polar surface area (TPSA) is 107 Å². The van der Waals surface area contributed by atoms with E-state index in [0.29, 0.717) is 5.76 Å². The molecule has 1 aromatic carbocycles. The van der Waals surface area contributed by atoms with E-state index in [4.69, 9.17) is 48.7 Å². The fourth-order valence-corrected chi connectivity index (χ4v) is 3.46. The normalized spacial score (nSPS) is 16.0. The minimum absolute atomic E-state index is 0.0289. The lowest BCUT2D eigenvalue weighted by molar-refractivity contribution is -0.139. The maximum absolute atomic E-state index is 12.6. The zero-order valence-electron chi connectivity index (χ0n) is 15.5. The number of carbonyl (C=O) groups is 3. The summed E-state index contributed by atoms with van der Waals surface area (Å²) in [7, 11) is 0. The van der Waals surface area contributed by atoms with E-state index in [1.807, 2.05) is 0 Å². The van der Waals surface area contributed by atoms with Gasteiger partial charge in [-0.3, -0.25) is 0 Å². The molecule has 1 atom stereocenters. The molecule has 30 heavy (non-hydrogen) atoms. The highest BCUT2D eigenvalue weighted by molar-refractivity contribution is 6.46. The Kier molecular flexibility index (Phi) is 6.91. The molecule has 2 heterocycles. The van der Waals surface area contributed by atoms with Gasteiger partial charge in [0.15, 0.2) is 0 Å². The van der Waals surface area contributed by atoms with Crippen molar-refractivity contribution in [2.75, 3.05) is 13.2 Å². The van der Waals surface area contributed by atoms with Crippen LogP contribution in [0.2, 0.25) is 15.1 Å². The molecule has 2 N–H and O–H groups in total. The third-order valence-electron chi connectivity index (χ3n) is 4.07. The second-order valence-corrected chi connectivity index (χ2v) is 7.15. The molecule has 8 nitrogen and oxygen atoms in total. The number of amides is 2. The summed E-state index contributed by atoms with van der Waals surface area (Å²) in [6.07, 6.45) is 1.40. The number of halogens is 3. The summed E-state index contributed by atoms with van der Waals surface area (Å²) in [6, 6.07) is 4.48. The number of ether oxygens (including phenoxy) is 2. The van der Waals surface area contributed by atoms with Crippen LogP contribution in [0.3, 0.4) is 0 Å². The Morgan fingerprint density at radius 3 is 2.50 bits per heavy atom. The molecular weight excluding hydrogens is 459 g/mol. The second-order valence-electron chi connectivity index (χ2n) is 5.95. The fraction of sp³-hybridized carbons (Fsp3) is 0.211. The maximum Gasteiger partial charge on any atom is 0.341 e. The Labute approximate surface area is 186 Å². The fourth-order valence-electron chi connectivity index (χ4n) is 2.77. The smallest absolute Gasteiger partial charge is 0.341 e. The summed E-state index contributed by atoms with van der Waals surface area (Å²) in [5.41, 5.74) is -0.0734. The number of carbonyl (C=O) groups excluding carboxylic acids is 3. The van der Waals surface area contributed by atoms with Crippen LogP contribution >= 0.6 is 34.8 Å². The highest BCUT2D eigenvalue weighted by Gasteiger charge is 2.36. The molecule has 0 bridgehead atoms. The van der Waals surface area contributed by atoms with Crippen molar-refractivity contribution < 1.29 is 28.3 Å². The first-order chi connectivity index (χ1) is 14.3. The summed E-state index contributed by atoms with van der Waals surface area (Å²) in [5, 5.41) is 5.13. The van der Waals surface area contributed by atoms with Gasteiger partial charge in [-0.05, 0) is 31.2 Å². The van der Waals surface area contributed by atoms with Crippen LogP contribution < -0.4 is 10.6 Å². The molecule has 0 spiro atoms. The number of rotatable bonds is 6. The van der Waals surface area contributed by atoms with E-state index in [-0.39, 0.29) is 38.5 Å². The van der Waals surface area contributed by atoms with E-state index < -0.39 is 30.6 Å². The van der Waals surface area contributed by atoms with E-state index >= 15 is 0 Å². The molecule has 1 aromatic heterocycles. The summed E-state index contributed by atoms with van der Waals surface area (Å²) in [5.74, 6) is -1.29. The quantitative estimate of drug-likeness (QED) is 0.479. The lowest BCUT2D eigenvalue weighted by Crippen LogP contribution is -2.47. The lowest BCUT2D eigenvalue weighted by Gasteiger charge is -2.27. The van der Waals surface area contributed by atoms with Gasteiger partial charge >= 0.3 is 18.0 Å². The molecule has 2 aromatic rings. The van der Waals surface area contributed by atoms with Crippen LogP contribution in [0.1, 0.15) is 29.1 Å². The average molecular weight is 474 g/mol. The molecular formula is C19H15Cl3N2O6. The molecule has 0 radical (unpaired) electrons. The van der Waals surface area contributed by atoms with Gasteiger partial charge in [0.2, 0.25) is 0 Å². The number of furan rings is 1. The van der Waals surface area contributed by atoms with Crippen molar-refractivity contribution in [1.29, 1.82) is 0 Å². The van der Waals surface area contributed by atoms with Gasteiger partial charge in [-0.2, -0.15) is 0 Å². The first-order valence-electron chi connectivity index (χ1n) is 8.65. The van der Waals surface area contributed by atoms with Gasteiger partial charge in [-0.25, -0.2) is 14.4 Å². The SMILES string of the molecule is CCOC(=O)C1=C(COC(=O)c2c(Cl)ccc(Cl)c2Cl)NC(=O)NC1c1ccco1. The van der Waals surface area contributed by atoms with E-state index in [9.17, 15) is 14.4 Å². The van der Waals surface area contributed by atoms with Gasteiger partial charge in [0.05, 0.1) is 44.8 Å². The summed E-state index contributed by atoms with van der Waals surface area (Å²) in [6.45, 7) is 1.27. The zero-order chi connectivity index (χ0) is 21.8. The van der Waals surface area contributed by atoms with Crippen LogP contribution in [0.5, 0.6) is 0 Å². The monoisotopic (exact) mass is 472 g/mol. The standard InChI is InChI=1S/C19H15Cl3N2O6/c1-2-28-18(26)14-11(23-19(27)24-16(14)12-4-3-7-29-12)8-30-17(25)13-9(20)5-6-10(21)15(13)22/h3-7,16H,2,8H2,1H3,(H2,23,24,27). The molecule has 3 rings (SSSR count). The molecule has 0 saturated heterocycles. The molecule has 0 fully saturated rings. The van der Waals surface area contributed by atoms with Crippen molar-refractivity contribution in [2.45, 2.75) is 13.0 Å². The van der Waals surface area contributed by atoms with Crippen LogP contribution in [0, 0.1) is 0 Å². The van der Waals surface area contributed by atoms with Gasteiger partial charge in [0.1, 0.15) is 18.4 Å². The molecule has 11 heteroatoms. The zero-order valence-corrected chi connectivity index (χ0v) is 17.7. The molecule has 158 valence electrons. The van der Waals surface area contributed by atoms with Gasteiger partial charge in [-0.1, -0.05) is 34.8 Å². The molecule has 1 unspecified atom stereocenters. The Bertz CT molecular complexity index is 1020. The van der Waals surface area contributed by atoms with E-state index in [2.05, 4.69) is 10.6 Å². The Morgan fingerprint density at radius 2 is 1.83 bits per heavy atom. The Hall–Kier alpha value is -2.68. The Balaban J connectivity index is 1.93. The van der Waals surface area contributed by atoms with Crippen LogP contribution in [0.25, 0.3) is 0 Å². The molecule has 1 aliphatic rings. The van der Waals surface area contributed by atoms with Gasteiger partial charge < -0.3 is 24.5 Å². The van der Waals surface area contributed by atoms with E-state index in [1.54, 1.807) is 19.1 Å².